The first-order valence-corrected chi connectivity index (χ1v) is 8.29. The number of aromatic hydroxyl groups is 1. The molecule has 0 saturated heterocycles. The summed E-state index contributed by atoms with van der Waals surface area (Å²) in [6.45, 7) is 0. The van der Waals surface area contributed by atoms with Crippen LogP contribution in [0.3, 0.4) is 0 Å². The predicted octanol–water partition coefficient (Wildman–Crippen LogP) is 4.86. The summed E-state index contributed by atoms with van der Waals surface area (Å²) in [4.78, 5) is 3.17. The molecule has 0 radical (unpaired) electrons. The molecule has 0 aromatic heterocycles. The van der Waals surface area contributed by atoms with Gasteiger partial charge >= 0.3 is 0 Å². The maximum absolute atomic E-state index is 13.7. The minimum atomic E-state index is -3.23. The van der Waals surface area contributed by atoms with E-state index < -0.39 is 22.2 Å². The maximum Gasteiger partial charge on any atom is 0.159 e. The SMILES string of the molecule is Oc1ccc2[nH]c3c(c(-c4ccc(F)c(F)c4)c1-2)S(O)(O)C=C3. The van der Waals surface area contributed by atoms with Crippen molar-refractivity contribution >= 4 is 16.7 Å². The molecule has 0 bridgehead atoms. The third-order valence-corrected chi connectivity index (χ3v) is 5.40. The van der Waals surface area contributed by atoms with Crippen LogP contribution in [-0.2, 0) is 0 Å². The minimum absolute atomic E-state index is 0.0825. The Morgan fingerprint density at radius 3 is 2.48 bits per heavy atom. The monoisotopic (exact) mass is 335 g/mol. The minimum Gasteiger partial charge on any atom is -0.507 e. The molecule has 1 aromatic carbocycles. The van der Waals surface area contributed by atoms with E-state index in [0.29, 0.717) is 17.0 Å². The molecular formula is C16H11F2NO3S. The summed E-state index contributed by atoms with van der Waals surface area (Å²) in [6.07, 6.45) is 1.53. The highest BCUT2D eigenvalue weighted by Gasteiger charge is 2.32. The van der Waals surface area contributed by atoms with Crippen LogP contribution in [-0.4, -0.2) is 19.2 Å². The Morgan fingerprint density at radius 2 is 1.74 bits per heavy atom. The molecule has 1 aliphatic carbocycles. The fourth-order valence-electron chi connectivity index (χ4n) is 2.87. The van der Waals surface area contributed by atoms with Crippen molar-refractivity contribution < 1.29 is 23.0 Å². The van der Waals surface area contributed by atoms with Gasteiger partial charge in [0.05, 0.1) is 16.3 Å². The van der Waals surface area contributed by atoms with Crippen LogP contribution in [0.15, 0.2) is 40.6 Å². The van der Waals surface area contributed by atoms with Crippen molar-refractivity contribution in [1.82, 2.24) is 4.98 Å². The van der Waals surface area contributed by atoms with E-state index in [1.165, 1.54) is 23.6 Å². The Morgan fingerprint density at radius 1 is 0.957 bits per heavy atom. The molecule has 0 spiro atoms. The van der Waals surface area contributed by atoms with E-state index in [1.54, 1.807) is 6.07 Å². The van der Waals surface area contributed by atoms with Crippen molar-refractivity contribution in [2.45, 2.75) is 4.90 Å². The Balaban J connectivity index is 2.13. The molecule has 118 valence electrons. The second-order valence-corrected chi connectivity index (χ2v) is 7.14. The zero-order chi connectivity index (χ0) is 16.4. The molecule has 4 rings (SSSR count). The van der Waals surface area contributed by atoms with Crippen molar-refractivity contribution in [1.29, 1.82) is 0 Å². The van der Waals surface area contributed by atoms with E-state index in [9.17, 15) is 23.0 Å². The molecule has 0 amide bonds. The van der Waals surface area contributed by atoms with Crippen LogP contribution < -0.4 is 0 Å². The summed E-state index contributed by atoms with van der Waals surface area (Å²) in [7, 11) is -3.23. The van der Waals surface area contributed by atoms with E-state index >= 15 is 0 Å². The maximum atomic E-state index is 13.7. The number of hydrogen-bond donors (Lipinski definition) is 4. The van der Waals surface area contributed by atoms with E-state index in [0.717, 1.165) is 12.1 Å². The smallest absolute Gasteiger partial charge is 0.159 e. The van der Waals surface area contributed by atoms with Crippen LogP contribution >= 0.6 is 10.6 Å². The lowest BCUT2D eigenvalue weighted by Crippen LogP contribution is -2.01. The lowest BCUT2D eigenvalue weighted by Gasteiger charge is -2.29. The number of fused-ring (bicyclic) bond motifs is 2. The number of pyridine rings is 1. The van der Waals surface area contributed by atoms with Gasteiger partial charge in [-0.2, -0.15) is 0 Å². The fraction of sp³-hybridized carbons (Fsp3) is 0. The molecule has 2 aliphatic heterocycles. The van der Waals surface area contributed by atoms with Gasteiger partial charge < -0.3 is 10.1 Å². The van der Waals surface area contributed by atoms with Crippen LogP contribution in [0.5, 0.6) is 5.75 Å². The highest BCUT2D eigenvalue weighted by atomic mass is 32.3. The standard InChI is InChI=1S/C16H11F2NO3S/c17-9-2-1-8(7-10(9)18)14-15-11(3-4-13(15)20)19-12-5-6-23(21,22)16(12)14/h1-7,19-22H. The van der Waals surface area contributed by atoms with Crippen molar-refractivity contribution in [3.8, 4) is 28.1 Å². The first-order chi connectivity index (χ1) is 10.9. The number of halogens is 2. The van der Waals surface area contributed by atoms with Gasteiger partial charge in [0.25, 0.3) is 0 Å². The van der Waals surface area contributed by atoms with Crippen LogP contribution in [0.1, 0.15) is 5.69 Å². The highest BCUT2D eigenvalue weighted by Crippen LogP contribution is 2.62. The molecule has 1 aromatic rings. The molecule has 0 fully saturated rings. The summed E-state index contributed by atoms with van der Waals surface area (Å²) < 4.78 is 47.5. The average Bonchev–Trinajstić information content (AvgIpc) is 3.01. The molecule has 4 nitrogen and oxygen atoms in total. The predicted molar refractivity (Wildman–Crippen MR) is 84.6 cm³/mol. The van der Waals surface area contributed by atoms with Crippen molar-refractivity contribution in [2.24, 2.45) is 0 Å². The van der Waals surface area contributed by atoms with Gasteiger partial charge in [-0.3, -0.25) is 9.11 Å². The first-order valence-electron chi connectivity index (χ1n) is 6.68. The topological polar surface area (TPSA) is 76.5 Å². The van der Waals surface area contributed by atoms with Crippen molar-refractivity contribution in [2.75, 3.05) is 0 Å². The van der Waals surface area contributed by atoms with Gasteiger partial charge in [-0.1, -0.05) is 6.07 Å². The second-order valence-electron chi connectivity index (χ2n) is 5.27. The number of hydrogen-bond acceptors (Lipinski definition) is 3. The van der Waals surface area contributed by atoms with Crippen molar-refractivity contribution in [3.63, 3.8) is 0 Å². The summed E-state index contributed by atoms with van der Waals surface area (Å²) in [5.41, 5.74) is 1.88. The van der Waals surface area contributed by atoms with Crippen LogP contribution in [0.4, 0.5) is 8.78 Å². The average molecular weight is 335 g/mol. The Hall–Kier alpha value is -2.35. The number of aromatic amines is 1. The van der Waals surface area contributed by atoms with Gasteiger partial charge in [0.2, 0.25) is 0 Å². The summed E-state index contributed by atoms with van der Waals surface area (Å²) in [5, 5.41) is 11.4. The first kappa shape index (κ1) is 14.3. The van der Waals surface area contributed by atoms with Gasteiger partial charge in [0, 0.05) is 16.5 Å². The summed E-state index contributed by atoms with van der Waals surface area (Å²) in [6, 6.07) is 6.37. The molecular weight excluding hydrogens is 324 g/mol. The molecule has 23 heavy (non-hydrogen) atoms. The number of rotatable bonds is 1. The number of benzene rings is 1. The normalized spacial score (nSPS) is 16.7. The number of nitrogens with one attached hydrogen (secondary N) is 1. The molecule has 0 unspecified atom stereocenters. The molecule has 7 heteroatoms. The third-order valence-electron chi connectivity index (χ3n) is 3.86. The van der Waals surface area contributed by atoms with E-state index in [2.05, 4.69) is 4.98 Å². The summed E-state index contributed by atoms with van der Waals surface area (Å²) in [5.74, 6) is -2.13. The number of H-pyrrole nitrogens is 1. The van der Waals surface area contributed by atoms with E-state index in [4.69, 9.17) is 0 Å². The number of aromatic nitrogens is 1. The molecule has 3 aliphatic rings. The van der Waals surface area contributed by atoms with Gasteiger partial charge in [0.15, 0.2) is 11.6 Å². The Labute approximate surface area is 131 Å². The largest absolute Gasteiger partial charge is 0.507 e. The van der Waals surface area contributed by atoms with Crippen LogP contribution in [0, 0.1) is 11.6 Å². The van der Waals surface area contributed by atoms with E-state index in [-0.39, 0.29) is 21.8 Å². The van der Waals surface area contributed by atoms with Gasteiger partial charge in [-0.25, -0.2) is 8.78 Å². The fourth-order valence-corrected chi connectivity index (χ4v) is 4.30. The molecule has 0 saturated carbocycles. The summed E-state index contributed by atoms with van der Waals surface area (Å²) >= 11 is 0. The highest BCUT2D eigenvalue weighted by molar-refractivity contribution is 8.27. The van der Waals surface area contributed by atoms with Gasteiger partial charge in [0.1, 0.15) is 5.75 Å². The lowest BCUT2D eigenvalue weighted by atomic mass is 9.98. The molecule has 0 atom stereocenters. The molecule has 2 heterocycles. The van der Waals surface area contributed by atoms with Crippen LogP contribution in [0.2, 0.25) is 0 Å². The Kier molecular flexibility index (Phi) is 2.84. The second kappa shape index (κ2) is 4.58. The van der Waals surface area contributed by atoms with Gasteiger partial charge in [-0.15, -0.1) is 10.6 Å². The third kappa shape index (κ3) is 1.98. The zero-order valence-corrected chi connectivity index (χ0v) is 12.4. The lowest BCUT2D eigenvalue weighted by molar-refractivity contribution is 0.479. The van der Waals surface area contributed by atoms with E-state index in [1.807, 2.05) is 0 Å². The van der Waals surface area contributed by atoms with Gasteiger partial charge in [-0.05, 0) is 35.9 Å². The van der Waals surface area contributed by atoms with Crippen molar-refractivity contribution in [3.05, 3.63) is 53.1 Å². The molecule has 4 N–H and O–H groups in total. The quantitative estimate of drug-likeness (QED) is 0.513. The van der Waals surface area contributed by atoms with Crippen LogP contribution in [0.25, 0.3) is 28.5 Å². The zero-order valence-electron chi connectivity index (χ0n) is 11.5. The Bertz CT molecular complexity index is 949.